The number of hydrogen-bond acceptors (Lipinski definition) is 16. The lowest BCUT2D eigenvalue weighted by Crippen LogP contribution is -2.49. The van der Waals surface area contributed by atoms with Gasteiger partial charge in [0, 0.05) is 63.2 Å². The zero-order chi connectivity index (χ0) is 50.2. The molecule has 374 valence electrons. The summed E-state index contributed by atoms with van der Waals surface area (Å²) in [7, 11) is 0. The van der Waals surface area contributed by atoms with E-state index in [1.165, 1.54) is 4.90 Å². The van der Waals surface area contributed by atoms with Gasteiger partial charge in [-0.3, -0.25) is 19.1 Å². The van der Waals surface area contributed by atoms with E-state index in [-0.39, 0.29) is 54.8 Å². The number of fused-ring (bicyclic) bond motifs is 1. The second-order valence-electron chi connectivity index (χ2n) is 19.6. The van der Waals surface area contributed by atoms with Crippen LogP contribution < -0.4 is 16.0 Å². The molecule has 0 aliphatic carbocycles. The molecule has 3 saturated heterocycles. The smallest absolute Gasteiger partial charge is 0.243 e. The molecule has 20 heteroatoms. The lowest BCUT2D eigenvalue weighted by molar-refractivity contribution is -0.141. The first-order valence-corrected chi connectivity index (χ1v) is 25.5. The van der Waals surface area contributed by atoms with Crippen LogP contribution >= 0.6 is 11.3 Å². The van der Waals surface area contributed by atoms with Gasteiger partial charge in [0.05, 0.1) is 57.6 Å². The van der Waals surface area contributed by atoms with Crippen LogP contribution in [0.15, 0.2) is 83.1 Å². The number of hydrogen-bond donors (Lipinski definition) is 4. The number of thiazole rings is 1. The van der Waals surface area contributed by atoms with Crippen molar-refractivity contribution in [2.45, 2.75) is 102 Å². The van der Waals surface area contributed by atoms with Crippen molar-refractivity contribution in [2.75, 3.05) is 43.4 Å². The van der Waals surface area contributed by atoms with E-state index in [9.17, 15) is 24.6 Å². The highest BCUT2D eigenvalue weighted by Crippen LogP contribution is 2.36. The molecule has 7 aromatic rings. The summed E-state index contributed by atoms with van der Waals surface area (Å²) in [4.78, 5) is 63.4. The maximum atomic E-state index is 14.4. The van der Waals surface area contributed by atoms with Crippen molar-refractivity contribution in [1.29, 1.82) is 0 Å². The van der Waals surface area contributed by atoms with E-state index < -0.39 is 30.0 Å². The highest BCUT2D eigenvalue weighted by molar-refractivity contribution is 7.13. The minimum absolute atomic E-state index is 0.00369. The molecule has 8 heterocycles. The van der Waals surface area contributed by atoms with Crippen LogP contribution in [-0.4, -0.2) is 123 Å². The lowest BCUT2D eigenvalue weighted by atomic mass is 9.90. The maximum Gasteiger partial charge on any atom is 0.243 e. The summed E-state index contributed by atoms with van der Waals surface area (Å²) in [5.74, 6) is -0.00905. The Kier molecular flexibility index (Phi) is 13.7. The minimum atomic E-state index is -0.948. The highest BCUT2D eigenvalue weighted by atomic mass is 32.1. The number of aryl methyl sites for hydroxylation is 2. The molecule has 0 bridgehead atoms. The number of para-hydroxylation sites is 1. The van der Waals surface area contributed by atoms with Gasteiger partial charge in [-0.1, -0.05) is 55.4 Å². The first kappa shape index (κ1) is 48.3. The van der Waals surface area contributed by atoms with Crippen LogP contribution in [-0.2, 0) is 14.4 Å². The molecule has 72 heavy (non-hydrogen) atoms. The number of aliphatic hydroxyl groups is 1. The van der Waals surface area contributed by atoms with Gasteiger partial charge in [-0.2, -0.15) is 5.10 Å². The van der Waals surface area contributed by atoms with Crippen LogP contribution in [0.4, 0.5) is 11.8 Å². The second-order valence-corrected chi connectivity index (χ2v) is 20.5. The van der Waals surface area contributed by atoms with Gasteiger partial charge in [-0.25, -0.2) is 15.0 Å². The van der Waals surface area contributed by atoms with Gasteiger partial charge in [0.1, 0.15) is 23.5 Å². The zero-order valence-electron chi connectivity index (χ0n) is 40.8. The fraction of sp³-hybridized carbons (Fsp3) is 0.423. The van der Waals surface area contributed by atoms with Gasteiger partial charge in [0.25, 0.3) is 0 Å². The monoisotopic (exact) mass is 993 g/mol. The number of nitrogen functional groups attached to an aromatic ring is 1. The van der Waals surface area contributed by atoms with Gasteiger partial charge >= 0.3 is 0 Å². The van der Waals surface area contributed by atoms with Crippen LogP contribution in [0.1, 0.15) is 105 Å². The molecule has 0 radical (unpaired) electrons. The molecule has 5 aromatic heterocycles. The third kappa shape index (κ3) is 9.84. The Morgan fingerprint density at radius 3 is 2.33 bits per heavy atom. The van der Waals surface area contributed by atoms with Gasteiger partial charge in [0.15, 0.2) is 11.3 Å². The van der Waals surface area contributed by atoms with E-state index >= 15 is 0 Å². The molecule has 2 aromatic carbocycles. The molecule has 3 aliphatic heterocycles. The molecule has 10 rings (SSSR count). The largest absolute Gasteiger partial charge is 0.507 e. The number of nitrogens with two attached hydrogens (primary N) is 1. The molecule has 3 aliphatic rings. The number of piperidine rings is 2. The number of β-amino-alcohol motifs (C(OH)–C–C–N with tert-alkyl or cyclic N) is 1. The SMILES string of the molecule is Cc1cc(C(C(=O)N2C[C@H](O)C[C@H]2C(=O)N[C@@H](CC(=O)N2CCC(c3cnc(N4CCC(n5nc(N)c6nnc(-c7ccccc7O)cc65)CC4)nc3)CC2)c2ccc(-c3scnc3C)cc2)C(C)C)on1. The summed E-state index contributed by atoms with van der Waals surface area (Å²) in [5.41, 5.74) is 14.9. The number of phenolic OH excluding ortho intramolecular Hbond substituents is 1. The lowest BCUT2D eigenvalue weighted by Gasteiger charge is -2.34. The molecule has 0 saturated carbocycles. The predicted molar refractivity (Wildman–Crippen MR) is 271 cm³/mol. The van der Waals surface area contributed by atoms with Gasteiger partial charge in [-0.15, -0.1) is 21.5 Å². The number of aromatic hydroxyl groups is 1. The van der Waals surface area contributed by atoms with Gasteiger partial charge in [0.2, 0.25) is 23.7 Å². The van der Waals surface area contributed by atoms with E-state index in [0.29, 0.717) is 53.1 Å². The Labute approximate surface area is 420 Å². The number of likely N-dealkylation sites (tertiary alicyclic amines) is 2. The van der Waals surface area contributed by atoms with Crippen LogP contribution in [0.2, 0.25) is 0 Å². The quantitative estimate of drug-likeness (QED) is 0.0964. The number of nitrogens with one attached hydrogen (secondary N) is 1. The number of amides is 3. The summed E-state index contributed by atoms with van der Waals surface area (Å²) < 4.78 is 7.47. The highest BCUT2D eigenvalue weighted by Gasteiger charge is 2.44. The van der Waals surface area contributed by atoms with E-state index in [1.807, 2.05) is 84.7 Å². The standard InChI is InChI=1S/C52H59N13O6S/c1-29(2)46(44-21-30(3)61-71-44)51(70)64-27-37(66)22-42(64)50(69)57-39(33-9-11-34(12-10-33)48-31(4)56-28-72-48)24-45(68)62-17-13-32(14-18-62)35-25-54-52(55-26-35)63-19-15-36(16-20-63)65-41-23-40(38-7-5-6-8-43(38)67)58-59-47(41)49(53)60-65/h5-12,21,23,25-26,28-29,32,36-37,39,42,46,66-67H,13-20,22,24,27H2,1-4H3,(H2,53,60)(H,57,69)/t37-,39+,42+,46?/m1/s1. The topological polar surface area (TPSA) is 248 Å². The summed E-state index contributed by atoms with van der Waals surface area (Å²) in [5, 5.41) is 41.8. The summed E-state index contributed by atoms with van der Waals surface area (Å²) in [6.45, 7) is 10.1. The summed E-state index contributed by atoms with van der Waals surface area (Å²) in [6, 6.07) is 16.9. The van der Waals surface area contributed by atoms with Crippen molar-refractivity contribution in [3.63, 3.8) is 0 Å². The Hall–Kier alpha value is -7.32. The first-order valence-electron chi connectivity index (χ1n) is 24.7. The number of aromatic nitrogens is 8. The van der Waals surface area contributed by atoms with Crippen LogP contribution in [0.5, 0.6) is 5.75 Å². The number of carbonyl (C=O) groups is 3. The Balaban J connectivity index is 0.777. The molecule has 19 nitrogen and oxygen atoms in total. The zero-order valence-corrected chi connectivity index (χ0v) is 41.6. The van der Waals surface area contributed by atoms with Crippen molar-refractivity contribution in [1.82, 2.24) is 55.2 Å². The van der Waals surface area contributed by atoms with E-state index in [2.05, 4.69) is 35.7 Å². The molecular formula is C52H59N13O6S. The summed E-state index contributed by atoms with van der Waals surface area (Å²) in [6.07, 6.45) is 6.04. The number of anilines is 2. The number of rotatable bonds is 13. The number of aliphatic hydroxyl groups excluding tert-OH is 1. The molecule has 3 fully saturated rings. The third-order valence-corrected chi connectivity index (χ3v) is 15.5. The normalized spacial score (nSPS) is 18.8. The van der Waals surface area contributed by atoms with E-state index in [0.717, 1.165) is 71.6 Å². The molecule has 5 N–H and O–H groups in total. The molecule has 4 atom stereocenters. The Morgan fingerprint density at radius 2 is 1.67 bits per heavy atom. The number of nitrogens with zero attached hydrogens (tertiary/aromatic N) is 11. The second kappa shape index (κ2) is 20.4. The van der Waals surface area contributed by atoms with Crippen molar-refractivity contribution in [3.05, 3.63) is 107 Å². The average molecular weight is 994 g/mol. The van der Waals surface area contributed by atoms with E-state index in [1.54, 1.807) is 42.5 Å². The van der Waals surface area contributed by atoms with Crippen LogP contribution in [0.25, 0.3) is 32.7 Å². The Bertz CT molecular complexity index is 3070. The Morgan fingerprint density at radius 1 is 0.931 bits per heavy atom. The fourth-order valence-electron chi connectivity index (χ4n) is 10.6. The summed E-state index contributed by atoms with van der Waals surface area (Å²) >= 11 is 1.55. The van der Waals surface area contributed by atoms with Gasteiger partial charge in [-0.05, 0) is 86.3 Å². The van der Waals surface area contributed by atoms with Crippen molar-refractivity contribution in [2.24, 2.45) is 5.92 Å². The first-order chi connectivity index (χ1) is 34.8. The molecular weight excluding hydrogens is 935 g/mol. The van der Waals surface area contributed by atoms with Gasteiger partial charge < -0.3 is 40.5 Å². The predicted octanol–water partition coefficient (Wildman–Crippen LogP) is 6.50. The van der Waals surface area contributed by atoms with E-state index in [4.69, 9.17) is 20.2 Å². The molecule has 1 unspecified atom stereocenters. The molecule has 3 amide bonds. The maximum absolute atomic E-state index is 14.4. The molecule has 0 spiro atoms. The number of benzene rings is 2. The minimum Gasteiger partial charge on any atom is -0.507 e. The van der Waals surface area contributed by atoms with Crippen LogP contribution in [0.3, 0.4) is 0 Å². The fourth-order valence-corrected chi connectivity index (χ4v) is 11.4. The number of carbonyl (C=O) groups excluding carboxylic acids is 3. The third-order valence-electron chi connectivity index (χ3n) is 14.5. The van der Waals surface area contributed by atoms with Crippen molar-refractivity contribution < 1.29 is 29.1 Å². The van der Waals surface area contributed by atoms with Crippen LogP contribution in [0, 0.1) is 19.8 Å². The number of phenols is 1. The average Bonchev–Trinajstić information content (AvgIpc) is 4.20. The van der Waals surface area contributed by atoms with Crippen molar-refractivity contribution >= 4 is 51.9 Å². The van der Waals surface area contributed by atoms with Crippen molar-refractivity contribution in [3.8, 4) is 27.4 Å².